The lowest BCUT2D eigenvalue weighted by Crippen LogP contribution is -2.23. The van der Waals surface area contributed by atoms with Crippen molar-refractivity contribution in [2.24, 2.45) is 5.73 Å². The Hall–Kier alpha value is -0.810. The van der Waals surface area contributed by atoms with Gasteiger partial charge in [-0.1, -0.05) is 0 Å². The average Bonchev–Trinajstić information content (AvgIpc) is 1.63. The molecule has 1 atom stereocenters. The molecule has 5 nitrogen and oxygen atoms in total. The van der Waals surface area contributed by atoms with Crippen molar-refractivity contribution in [3.05, 3.63) is 0 Å². The zero-order chi connectivity index (χ0) is 7.28. The Morgan fingerprint density at radius 2 is 2.33 bits per heavy atom. The van der Waals surface area contributed by atoms with Crippen LogP contribution in [0.2, 0.25) is 0 Å². The Morgan fingerprint density at radius 1 is 1.78 bits per heavy atom. The maximum absolute atomic E-state index is 9.84. The van der Waals surface area contributed by atoms with E-state index in [1.165, 1.54) is 0 Å². The van der Waals surface area contributed by atoms with Gasteiger partial charge in [-0.2, -0.15) is 0 Å². The van der Waals surface area contributed by atoms with Crippen molar-refractivity contribution in [3.8, 4) is 0 Å². The molecule has 4 N–H and O–H groups in total. The van der Waals surface area contributed by atoms with Gasteiger partial charge in [0.15, 0.2) is 0 Å². The minimum atomic E-state index is -1.28. The molecule has 0 aromatic rings. The van der Waals surface area contributed by atoms with E-state index in [0.29, 0.717) is 0 Å². The molecule has 5 heteroatoms. The first kappa shape index (κ1) is 8.19. The van der Waals surface area contributed by atoms with Gasteiger partial charge in [0.2, 0.25) is 6.29 Å². The summed E-state index contributed by atoms with van der Waals surface area (Å²) in [6.07, 6.45) is -2.34. The van der Waals surface area contributed by atoms with Gasteiger partial charge >= 0.3 is 6.09 Å². The first-order chi connectivity index (χ1) is 4.16. The highest BCUT2D eigenvalue weighted by molar-refractivity contribution is 5.64. The molecule has 0 rings (SSSR count). The maximum Gasteiger partial charge on any atom is 0.406 e. The largest absolute Gasteiger partial charge is 0.420 e. The van der Waals surface area contributed by atoms with Crippen LogP contribution in [-0.4, -0.2) is 29.2 Å². The number of amides is 1. The lowest BCUT2D eigenvalue weighted by Gasteiger charge is -2.06. The molecular weight excluding hydrogens is 126 g/mol. The third kappa shape index (κ3) is 5.05. The van der Waals surface area contributed by atoms with E-state index in [4.69, 9.17) is 10.2 Å². The van der Waals surface area contributed by atoms with E-state index >= 15 is 0 Å². The van der Waals surface area contributed by atoms with Gasteiger partial charge in [0, 0.05) is 13.0 Å². The molecule has 0 aliphatic rings. The fourth-order valence-corrected chi connectivity index (χ4v) is 0.303. The van der Waals surface area contributed by atoms with Crippen molar-refractivity contribution >= 4 is 6.09 Å². The topological polar surface area (TPSA) is 92.8 Å². The predicted molar refractivity (Wildman–Crippen MR) is 28.4 cm³/mol. The molecule has 0 aliphatic heterocycles. The van der Waals surface area contributed by atoms with E-state index in [1.807, 2.05) is 0 Å². The van der Waals surface area contributed by atoms with Crippen LogP contribution < -0.4 is 5.73 Å². The number of aliphatic hydroxyl groups is 2. The Balaban J connectivity index is 3.26. The van der Waals surface area contributed by atoms with Crippen LogP contribution in [0.1, 0.15) is 6.42 Å². The van der Waals surface area contributed by atoms with Crippen LogP contribution in [-0.2, 0) is 4.74 Å². The summed E-state index contributed by atoms with van der Waals surface area (Å²) in [5.74, 6) is 0. The van der Waals surface area contributed by atoms with Crippen LogP contribution in [0.3, 0.4) is 0 Å². The summed E-state index contributed by atoms with van der Waals surface area (Å²) >= 11 is 0. The molecule has 54 valence electrons. The molecule has 0 saturated heterocycles. The molecule has 1 amide bonds. The second kappa shape index (κ2) is 4.11. The van der Waals surface area contributed by atoms with Crippen LogP contribution in [0.4, 0.5) is 4.79 Å². The molecule has 0 heterocycles. The monoisotopic (exact) mass is 135 g/mol. The van der Waals surface area contributed by atoms with Crippen LogP contribution in [0.5, 0.6) is 0 Å². The fourth-order valence-electron chi connectivity index (χ4n) is 0.303. The first-order valence-corrected chi connectivity index (χ1v) is 2.42. The van der Waals surface area contributed by atoms with Gasteiger partial charge in [0.25, 0.3) is 0 Å². The summed E-state index contributed by atoms with van der Waals surface area (Å²) in [6, 6.07) is 0. The molecule has 0 bridgehead atoms. The Kier molecular flexibility index (Phi) is 3.74. The molecule has 1 unspecified atom stereocenters. The summed E-state index contributed by atoms with van der Waals surface area (Å²) in [7, 11) is 0. The standard InChI is InChI=1S/C4H9NO4/c5-4(8)9-3(7)1-2-6/h3,6-7H,1-2H2,(H2,5,8). The second-order valence-electron chi connectivity index (χ2n) is 1.40. The van der Waals surface area contributed by atoms with Gasteiger partial charge < -0.3 is 20.7 Å². The van der Waals surface area contributed by atoms with Crippen molar-refractivity contribution in [3.63, 3.8) is 0 Å². The lowest BCUT2D eigenvalue weighted by atomic mass is 10.4. The van der Waals surface area contributed by atoms with Gasteiger partial charge in [0.1, 0.15) is 0 Å². The Labute approximate surface area is 52.0 Å². The normalized spacial score (nSPS) is 12.7. The third-order valence-corrected chi connectivity index (χ3v) is 0.628. The van der Waals surface area contributed by atoms with Crippen molar-refractivity contribution in [1.29, 1.82) is 0 Å². The number of rotatable bonds is 3. The Bertz CT molecular complexity index is 94.6. The van der Waals surface area contributed by atoms with Crippen LogP contribution in [0, 0.1) is 0 Å². The van der Waals surface area contributed by atoms with Crippen LogP contribution >= 0.6 is 0 Å². The molecule has 0 saturated carbocycles. The highest BCUT2D eigenvalue weighted by Crippen LogP contribution is 1.90. The van der Waals surface area contributed by atoms with Crippen LogP contribution in [0.25, 0.3) is 0 Å². The van der Waals surface area contributed by atoms with E-state index in [2.05, 4.69) is 10.5 Å². The molecule has 0 aromatic heterocycles. The SMILES string of the molecule is NC(=O)OC(O)CCO. The summed E-state index contributed by atoms with van der Waals surface area (Å²) in [5, 5.41) is 16.7. The summed E-state index contributed by atoms with van der Waals surface area (Å²) in [5.41, 5.74) is 4.52. The van der Waals surface area contributed by atoms with Crippen molar-refractivity contribution in [1.82, 2.24) is 0 Å². The zero-order valence-electron chi connectivity index (χ0n) is 4.78. The average molecular weight is 135 g/mol. The molecule has 9 heavy (non-hydrogen) atoms. The molecule has 0 aromatic carbocycles. The predicted octanol–water partition coefficient (Wildman–Crippen LogP) is -1.22. The highest BCUT2D eigenvalue weighted by Gasteiger charge is 2.04. The third-order valence-electron chi connectivity index (χ3n) is 0.628. The second-order valence-corrected chi connectivity index (χ2v) is 1.40. The summed E-state index contributed by atoms with van der Waals surface area (Å²) in [4.78, 5) is 9.84. The maximum atomic E-state index is 9.84. The smallest absolute Gasteiger partial charge is 0.406 e. The van der Waals surface area contributed by atoms with Gasteiger partial charge in [-0.25, -0.2) is 4.79 Å². The molecule has 0 radical (unpaired) electrons. The number of carbonyl (C=O) groups excluding carboxylic acids is 1. The van der Waals surface area contributed by atoms with Gasteiger partial charge in [-0.05, 0) is 0 Å². The number of ether oxygens (including phenoxy) is 1. The summed E-state index contributed by atoms with van der Waals surface area (Å²) < 4.78 is 4.03. The summed E-state index contributed by atoms with van der Waals surface area (Å²) in [6.45, 7) is -0.242. The van der Waals surface area contributed by atoms with Gasteiger partial charge in [-0.15, -0.1) is 0 Å². The van der Waals surface area contributed by atoms with Crippen molar-refractivity contribution in [2.45, 2.75) is 12.7 Å². The Morgan fingerprint density at radius 3 is 2.67 bits per heavy atom. The van der Waals surface area contributed by atoms with Gasteiger partial charge in [-0.3, -0.25) is 0 Å². The molecule has 0 fully saturated rings. The van der Waals surface area contributed by atoms with E-state index in [0.717, 1.165) is 0 Å². The number of primary amides is 1. The van der Waals surface area contributed by atoms with Crippen molar-refractivity contribution in [2.75, 3.05) is 6.61 Å². The lowest BCUT2D eigenvalue weighted by molar-refractivity contribution is -0.0605. The fraction of sp³-hybridized carbons (Fsp3) is 0.750. The molecule has 0 aliphatic carbocycles. The highest BCUT2D eigenvalue weighted by atomic mass is 16.6. The molecule has 0 spiro atoms. The number of hydrogen-bond donors (Lipinski definition) is 3. The van der Waals surface area contributed by atoms with E-state index in [1.54, 1.807) is 0 Å². The van der Waals surface area contributed by atoms with E-state index < -0.39 is 12.4 Å². The minimum absolute atomic E-state index is 0.0110. The molecular formula is C4H9NO4. The van der Waals surface area contributed by atoms with Crippen molar-refractivity contribution < 1.29 is 19.7 Å². The van der Waals surface area contributed by atoms with Gasteiger partial charge in [0.05, 0.1) is 0 Å². The van der Waals surface area contributed by atoms with E-state index in [9.17, 15) is 4.79 Å². The van der Waals surface area contributed by atoms with Crippen LogP contribution in [0.15, 0.2) is 0 Å². The zero-order valence-corrected chi connectivity index (χ0v) is 4.78. The first-order valence-electron chi connectivity index (χ1n) is 2.42. The van der Waals surface area contributed by atoms with E-state index in [-0.39, 0.29) is 13.0 Å². The number of carbonyl (C=O) groups is 1. The number of hydrogen-bond acceptors (Lipinski definition) is 4. The number of nitrogens with two attached hydrogens (primary N) is 1. The minimum Gasteiger partial charge on any atom is -0.420 e. The number of aliphatic hydroxyl groups excluding tert-OH is 2. The quantitative estimate of drug-likeness (QED) is 0.423.